The highest BCUT2D eigenvalue weighted by molar-refractivity contribution is 7.06. The first-order chi connectivity index (χ1) is 4.74. The fourth-order valence-corrected chi connectivity index (χ4v) is 1.40. The lowest BCUT2D eigenvalue weighted by Gasteiger charge is -1.95. The van der Waals surface area contributed by atoms with Gasteiger partial charge in [-0.3, -0.25) is 0 Å². The van der Waals surface area contributed by atoms with Crippen LogP contribution in [0.3, 0.4) is 0 Å². The van der Waals surface area contributed by atoms with Gasteiger partial charge in [-0.25, -0.2) is 0 Å². The third kappa shape index (κ3) is 1.48. The molecular weight excluding hydrogens is 144 g/mol. The molecule has 0 bridgehead atoms. The molecule has 0 unspecified atom stereocenters. The summed E-state index contributed by atoms with van der Waals surface area (Å²) in [7, 11) is 1.89. The van der Waals surface area contributed by atoms with Gasteiger partial charge in [0.2, 0.25) is 0 Å². The van der Waals surface area contributed by atoms with Crippen molar-refractivity contribution in [3.63, 3.8) is 0 Å². The molecule has 3 heteroatoms. The Labute approximate surface area is 65.4 Å². The van der Waals surface area contributed by atoms with Gasteiger partial charge in [0.25, 0.3) is 0 Å². The lowest BCUT2D eigenvalue weighted by atomic mass is 10.2. The van der Waals surface area contributed by atoms with E-state index in [1.54, 1.807) is 11.5 Å². The highest BCUT2D eigenvalue weighted by atomic mass is 32.1. The number of hydrogen-bond donors (Lipinski definition) is 1. The summed E-state index contributed by atoms with van der Waals surface area (Å²) in [6.07, 6.45) is 0. The van der Waals surface area contributed by atoms with Gasteiger partial charge >= 0.3 is 0 Å². The standard InChI is InChI=1S/C7H12N2S/c1-5(2)6-4-7(8-3)9-10-6/h4-5H,1-3H3,(H,8,9). The van der Waals surface area contributed by atoms with Crippen molar-refractivity contribution in [3.05, 3.63) is 10.9 Å². The van der Waals surface area contributed by atoms with Crippen molar-refractivity contribution in [2.45, 2.75) is 19.8 Å². The zero-order valence-electron chi connectivity index (χ0n) is 6.51. The molecule has 1 aromatic rings. The summed E-state index contributed by atoms with van der Waals surface area (Å²) in [5.41, 5.74) is 0. The highest BCUT2D eigenvalue weighted by Crippen LogP contribution is 2.21. The fourth-order valence-electron chi connectivity index (χ4n) is 0.679. The Kier molecular flexibility index (Phi) is 2.27. The molecule has 1 rings (SSSR count). The van der Waals surface area contributed by atoms with Crippen molar-refractivity contribution in [1.29, 1.82) is 0 Å². The summed E-state index contributed by atoms with van der Waals surface area (Å²) < 4.78 is 4.19. The summed E-state index contributed by atoms with van der Waals surface area (Å²) >= 11 is 1.57. The number of rotatable bonds is 2. The van der Waals surface area contributed by atoms with Crippen LogP contribution in [0.2, 0.25) is 0 Å². The lowest BCUT2D eigenvalue weighted by molar-refractivity contribution is 0.890. The molecule has 1 heterocycles. The predicted octanol–water partition coefficient (Wildman–Crippen LogP) is 2.31. The van der Waals surface area contributed by atoms with Crippen LogP contribution >= 0.6 is 11.5 Å². The van der Waals surface area contributed by atoms with Gasteiger partial charge in [-0.15, -0.1) is 0 Å². The van der Waals surface area contributed by atoms with E-state index < -0.39 is 0 Å². The molecule has 0 amide bonds. The van der Waals surface area contributed by atoms with Crippen molar-refractivity contribution < 1.29 is 0 Å². The molecule has 0 spiro atoms. The maximum absolute atomic E-state index is 4.19. The van der Waals surface area contributed by atoms with Gasteiger partial charge in [0, 0.05) is 11.9 Å². The summed E-state index contributed by atoms with van der Waals surface area (Å²) in [5, 5.41) is 3.00. The predicted molar refractivity (Wildman–Crippen MR) is 45.7 cm³/mol. The van der Waals surface area contributed by atoms with E-state index in [1.165, 1.54) is 4.88 Å². The Balaban J connectivity index is 2.78. The first-order valence-corrected chi connectivity index (χ1v) is 4.15. The molecule has 2 nitrogen and oxygen atoms in total. The second-order valence-electron chi connectivity index (χ2n) is 2.52. The van der Waals surface area contributed by atoms with E-state index in [4.69, 9.17) is 0 Å². The van der Waals surface area contributed by atoms with Crippen molar-refractivity contribution in [1.82, 2.24) is 4.37 Å². The van der Waals surface area contributed by atoms with Crippen LogP contribution in [-0.4, -0.2) is 11.4 Å². The van der Waals surface area contributed by atoms with Gasteiger partial charge in [-0.1, -0.05) is 13.8 Å². The number of nitrogens with zero attached hydrogens (tertiary/aromatic N) is 1. The Morgan fingerprint density at radius 1 is 1.60 bits per heavy atom. The normalized spacial score (nSPS) is 10.4. The van der Waals surface area contributed by atoms with Gasteiger partial charge in [-0.05, 0) is 23.5 Å². The molecule has 0 aromatic carbocycles. The Hall–Kier alpha value is -0.570. The SMILES string of the molecule is CNc1cc(C(C)C)sn1. The minimum Gasteiger partial charge on any atom is -0.372 e. The Morgan fingerprint density at radius 2 is 2.30 bits per heavy atom. The van der Waals surface area contributed by atoms with E-state index in [2.05, 4.69) is 29.6 Å². The van der Waals surface area contributed by atoms with E-state index in [1.807, 2.05) is 7.05 Å². The molecule has 0 fully saturated rings. The second kappa shape index (κ2) is 3.01. The van der Waals surface area contributed by atoms with Crippen LogP contribution in [0.5, 0.6) is 0 Å². The summed E-state index contributed by atoms with van der Waals surface area (Å²) in [6, 6.07) is 2.09. The smallest absolute Gasteiger partial charge is 0.139 e. The molecule has 0 aliphatic rings. The van der Waals surface area contributed by atoms with Gasteiger partial charge in [0.15, 0.2) is 0 Å². The van der Waals surface area contributed by atoms with E-state index in [0.717, 1.165) is 5.82 Å². The Bertz CT molecular complexity index is 205. The fraction of sp³-hybridized carbons (Fsp3) is 0.571. The van der Waals surface area contributed by atoms with Gasteiger partial charge < -0.3 is 5.32 Å². The summed E-state index contributed by atoms with van der Waals surface area (Å²) in [4.78, 5) is 1.34. The minimum atomic E-state index is 0.597. The van der Waals surface area contributed by atoms with E-state index in [9.17, 15) is 0 Å². The lowest BCUT2D eigenvalue weighted by Crippen LogP contribution is -1.85. The second-order valence-corrected chi connectivity index (χ2v) is 3.36. The molecular formula is C7H12N2S. The van der Waals surface area contributed by atoms with Gasteiger partial charge in [0.05, 0.1) is 0 Å². The van der Waals surface area contributed by atoms with Crippen LogP contribution < -0.4 is 5.32 Å². The number of nitrogens with one attached hydrogen (secondary N) is 1. The van der Waals surface area contributed by atoms with Gasteiger partial charge in [-0.2, -0.15) is 4.37 Å². The van der Waals surface area contributed by atoms with Crippen LogP contribution in [0.4, 0.5) is 5.82 Å². The monoisotopic (exact) mass is 156 g/mol. The van der Waals surface area contributed by atoms with Crippen LogP contribution in [0.15, 0.2) is 6.07 Å². The zero-order chi connectivity index (χ0) is 7.56. The van der Waals surface area contributed by atoms with Crippen molar-refractivity contribution in [3.8, 4) is 0 Å². The molecule has 0 aliphatic heterocycles. The van der Waals surface area contributed by atoms with Crippen molar-refractivity contribution in [2.75, 3.05) is 12.4 Å². The van der Waals surface area contributed by atoms with Crippen molar-refractivity contribution >= 4 is 17.4 Å². The molecule has 1 aromatic heterocycles. The molecule has 0 aliphatic carbocycles. The topological polar surface area (TPSA) is 24.9 Å². The molecule has 0 radical (unpaired) electrons. The molecule has 56 valence electrons. The number of anilines is 1. The van der Waals surface area contributed by atoms with Crippen LogP contribution in [0, 0.1) is 0 Å². The molecule has 10 heavy (non-hydrogen) atoms. The number of hydrogen-bond acceptors (Lipinski definition) is 3. The van der Waals surface area contributed by atoms with E-state index in [-0.39, 0.29) is 0 Å². The quantitative estimate of drug-likeness (QED) is 0.710. The molecule has 0 saturated heterocycles. The van der Waals surface area contributed by atoms with Crippen LogP contribution in [-0.2, 0) is 0 Å². The van der Waals surface area contributed by atoms with Crippen LogP contribution in [0.25, 0.3) is 0 Å². The molecule has 0 saturated carbocycles. The third-order valence-corrected chi connectivity index (χ3v) is 2.44. The first kappa shape index (κ1) is 7.54. The van der Waals surface area contributed by atoms with E-state index in [0.29, 0.717) is 5.92 Å². The Morgan fingerprint density at radius 3 is 2.60 bits per heavy atom. The van der Waals surface area contributed by atoms with Crippen molar-refractivity contribution in [2.24, 2.45) is 0 Å². The molecule has 0 atom stereocenters. The average Bonchev–Trinajstić information content (AvgIpc) is 2.34. The van der Waals surface area contributed by atoms with Crippen LogP contribution in [0.1, 0.15) is 24.6 Å². The highest BCUT2D eigenvalue weighted by Gasteiger charge is 2.02. The van der Waals surface area contributed by atoms with Gasteiger partial charge in [0.1, 0.15) is 5.82 Å². The summed E-state index contributed by atoms with van der Waals surface area (Å²) in [6.45, 7) is 4.35. The maximum atomic E-state index is 4.19. The average molecular weight is 156 g/mol. The first-order valence-electron chi connectivity index (χ1n) is 3.38. The third-order valence-electron chi connectivity index (χ3n) is 1.35. The summed E-state index contributed by atoms with van der Waals surface area (Å²) in [5.74, 6) is 1.58. The molecule has 1 N–H and O–H groups in total. The van der Waals surface area contributed by atoms with E-state index >= 15 is 0 Å². The maximum Gasteiger partial charge on any atom is 0.139 e. The largest absolute Gasteiger partial charge is 0.372 e. The number of aromatic nitrogens is 1. The zero-order valence-corrected chi connectivity index (χ0v) is 7.33. The minimum absolute atomic E-state index is 0.597.